The number of rotatable bonds is 89. The van der Waals surface area contributed by atoms with E-state index in [1.807, 2.05) is 18.2 Å². The van der Waals surface area contributed by atoms with Crippen LogP contribution in [0.2, 0.25) is 0 Å². The van der Waals surface area contributed by atoms with Crippen LogP contribution in [-0.4, -0.2) is 31.5 Å². The maximum absolute atomic E-state index is 16.7. The monoisotopic (exact) mass is 2010 g/mol. The fraction of sp³-hybridized carbons (Fsp3) is 0.677. The Hall–Kier alpha value is -6.80. The number of unbranched alkanes of at least 4 members (excludes halogenated alkanes) is 70. The van der Waals surface area contributed by atoms with Crippen LogP contribution in [-0.2, 0) is 26.2 Å². The lowest BCUT2D eigenvalue weighted by Gasteiger charge is -2.18. The normalized spacial score (nSPS) is 11.9. The van der Waals surface area contributed by atoms with E-state index in [9.17, 15) is 0 Å². The zero-order valence-corrected chi connectivity index (χ0v) is 94.3. The van der Waals surface area contributed by atoms with Gasteiger partial charge in [-0.25, -0.2) is 0 Å². The van der Waals surface area contributed by atoms with Gasteiger partial charge in [0.15, 0.2) is 0 Å². The van der Waals surface area contributed by atoms with Crippen LogP contribution in [0.15, 0.2) is 128 Å². The maximum Gasteiger partial charge on any atom is 0.259 e. The first kappa shape index (κ1) is 118. The Balaban J connectivity index is 1.09. The molecule has 143 heavy (non-hydrogen) atoms. The number of benzene rings is 3. The van der Waals surface area contributed by atoms with Crippen LogP contribution in [0.5, 0.6) is 11.5 Å². The summed E-state index contributed by atoms with van der Waals surface area (Å²) in [5.74, 6) is 1.55. The molecule has 794 valence electrons. The third-order valence-electron chi connectivity index (χ3n) is 31.1. The predicted octanol–water partition coefficient (Wildman–Crippen LogP) is 42.0. The summed E-state index contributed by atoms with van der Waals surface area (Å²) >= 11 is 4.93. The summed E-state index contributed by atoms with van der Waals surface area (Å²) in [7, 11) is 0. The molecule has 0 radical (unpaired) electrons. The molecule has 0 bridgehead atoms. The van der Waals surface area contributed by atoms with Crippen molar-refractivity contribution in [2.75, 3.05) is 13.2 Å². The second-order valence-corrected chi connectivity index (χ2v) is 46.5. The second-order valence-electron chi connectivity index (χ2n) is 43.3. The van der Waals surface area contributed by atoms with Crippen LogP contribution in [0.3, 0.4) is 0 Å². The van der Waals surface area contributed by atoms with Crippen molar-refractivity contribution in [2.24, 2.45) is 0 Å². The van der Waals surface area contributed by atoms with E-state index in [2.05, 4.69) is 151 Å². The molecule has 0 saturated heterocycles. The Labute approximate surface area is 881 Å². The first-order valence-corrected chi connectivity index (χ1v) is 63.2. The summed E-state index contributed by atoms with van der Waals surface area (Å²) < 4.78 is 25.2. The molecule has 7 heterocycles. The molecule has 0 saturated carbocycles. The lowest BCUT2D eigenvalue weighted by molar-refractivity contribution is 0.307. The lowest BCUT2D eigenvalue weighted by atomic mass is 10.0. The molecule has 3 aromatic carbocycles. The number of aryl methyl sites for hydroxylation is 4. The standard InChI is InChI=1S/C130H200N4O6S3/c1-7-13-19-25-31-37-43-47-51-55-59-65-71-83-95-131-117-103-111(129(137)132(115(117)101-109(127(131)135)107-89-79-77-80-90-107)96-84-72-66-60-56-52-48-44-38-32-26-20-14-8-2)121-105-113-123(139-99-87-75-69-63-41-35-29-23-17-11-5)126-114(124(125(113)142-121)140-100-88-76-70-64-42-36-30-24-18-12-6)106-122(143-126)112-104-118-116(134(130(112)138)98-86-74-68-62-58-54-50-46-40-34-28-22-16-10-4)102-110(120-94-93-119(141-120)108-91-81-78-82-92-108)128(136)133(118)97-85-73-67-61-57-53-49-45-39-33-27-21-15-9-3/h77-82,89-94,101-106H,7-76,83-88,95-100H2,1-6H3. The molecule has 0 aliphatic heterocycles. The van der Waals surface area contributed by atoms with E-state index in [4.69, 9.17) is 9.47 Å². The minimum atomic E-state index is -0.0345. The molecule has 0 unspecified atom stereocenters. The zero-order chi connectivity index (χ0) is 100. The van der Waals surface area contributed by atoms with Crippen LogP contribution in [0.1, 0.15) is 530 Å². The third-order valence-corrected chi connectivity index (χ3v) is 34.6. The van der Waals surface area contributed by atoms with Crippen LogP contribution < -0.4 is 31.7 Å². The topological polar surface area (TPSA) is 106 Å². The van der Waals surface area contributed by atoms with Gasteiger partial charge in [-0.2, -0.15) is 0 Å². The molecule has 10 rings (SSSR count). The van der Waals surface area contributed by atoms with Gasteiger partial charge in [0.05, 0.1) is 61.4 Å². The number of hydrogen-bond donors (Lipinski definition) is 0. The van der Waals surface area contributed by atoms with E-state index < -0.39 is 0 Å². The van der Waals surface area contributed by atoms with E-state index in [-0.39, 0.29) is 22.2 Å². The first-order chi connectivity index (χ1) is 70.6. The summed E-state index contributed by atoms with van der Waals surface area (Å²) in [6.45, 7) is 17.0. The van der Waals surface area contributed by atoms with Gasteiger partial charge in [-0.1, -0.05) is 552 Å². The van der Waals surface area contributed by atoms with Gasteiger partial charge in [0.2, 0.25) is 0 Å². The summed E-state index contributed by atoms with van der Waals surface area (Å²) in [6.07, 6.45) is 94.4. The van der Waals surface area contributed by atoms with Crippen molar-refractivity contribution in [3.8, 4) is 64.4 Å². The minimum absolute atomic E-state index is 0.00257. The highest BCUT2D eigenvalue weighted by molar-refractivity contribution is 7.24. The van der Waals surface area contributed by atoms with Gasteiger partial charge in [0, 0.05) is 62.0 Å². The molecule has 10 aromatic rings. The number of nitrogens with zero attached hydrogens (tertiary/aromatic N) is 4. The zero-order valence-electron chi connectivity index (χ0n) is 91.8. The number of hydrogen-bond acceptors (Lipinski definition) is 9. The fourth-order valence-corrected chi connectivity index (χ4v) is 25.5. The highest BCUT2D eigenvalue weighted by Crippen LogP contribution is 2.53. The highest BCUT2D eigenvalue weighted by atomic mass is 32.1. The molecule has 0 amide bonds. The van der Waals surface area contributed by atoms with Crippen molar-refractivity contribution >= 4 is 76.2 Å². The largest absolute Gasteiger partial charge is 0.491 e. The number of ether oxygens (including phenoxy) is 2. The number of thiophene rings is 3. The molecule has 13 heteroatoms. The van der Waals surface area contributed by atoms with Gasteiger partial charge in [0.1, 0.15) is 11.5 Å². The van der Waals surface area contributed by atoms with Crippen molar-refractivity contribution in [2.45, 2.75) is 556 Å². The number of fused-ring (bicyclic) bond motifs is 4. The molecule has 7 aromatic heterocycles. The summed E-state index contributed by atoms with van der Waals surface area (Å²) in [5, 5.41) is 1.83. The molecule has 0 fully saturated rings. The molecular weight excluding hydrogens is 1810 g/mol. The predicted molar refractivity (Wildman–Crippen MR) is 630 cm³/mol. The second kappa shape index (κ2) is 73.3. The van der Waals surface area contributed by atoms with Gasteiger partial charge in [-0.15, -0.1) is 34.0 Å². The molecule has 0 aliphatic carbocycles. The quantitative estimate of drug-likeness (QED) is 0.0352. The molecule has 0 spiro atoms. The van der Waals surface area contributed by atoms with E-state index in [0.717, 1.165) is 200 Å². The van der Waals surface area contributed by atoms with Crippen LogP contribution in [0, 0.1) is 0 Å². The van der Waals surface area contributed by atoms with Crippen molar-refractivity contribution in [3.05, 3.63) is 151 Å². The first-order valence-electron chi connectivity index (χ1n) is 60.8. The van der Waals surface area contributed by atoms with Gasteiger partial charge < -0.3 is 27.7 Å². The van der Waals surface area contributed by atoms with Crippen LogP contribution in [0.4, 0.5) is 0 Å². The molecule has 0 aliphatic rings. The molecule has 10 nitrogen and oxygen atoms in total. The van der Waals surface area contributed by atoms with Gasteiger partial charge in [-0.05, 0) is 98.2 Å². The summed E-state index contributed by atoms with van der Waals surface area (Å²) in [4.78, 5) is 68.9. The van der Waals surface area contributed by atoms with Crippen LogP contribution in [0.25, 0.3) is 95.1 Å². The van der Waals surface area contributed by atoms with Gasteiger partial charge in [-0.3, -0.25) is 19.2 Å². The van der Waals surface area contributed by atoms with Crippen LogP contribution >= 0.6 is 34.0 Å². The Kier molecular flexibility index (Phi) is 60.6. The van der Waals surface area contributed by atoms with Crippen molar-refractivity contribution in [1.82, 2.24) is 18.3 Å². The van der Waals surface area contributed by atoms with E-state index in [1.165, 1.54) is 372 Å². The average Bonchev–Trinajstić information content (AvgIpc) is 1.60. The summed E-state index contributed by atoms with van der Waals surface area (Å²) in [6, 6.07) is 37.9. The van der Waals surface area contributed by atoms with Crippen molar-refractivity contribution in [3.63, 3.8) is 0 Å². The van der Waals surface area contributed by atoms with Crippen molar-refractivity contribution in [1.29, 1.82) is 0 Å². The van der Waals surface area contributed by atoms with Gasteiger partial charge >= 0.3 is 0 Å². The lowest BCUT2D eigenvalue weighted by Crippen LogP contribution is -2.28. The number of pyridine rings is 4. The van der Waals surface area contributed by atoms with Gasteiger partial charge in [0.25, 0.3) is 22.2 Å². The Morgan fingerprint density at radius 2 is 0.399 bits per heavy atom. The maximum atomic E-state index is 16.7. The van der Waals surface area contributed by atoms with Crippen molar-refractivity contribution < 1.29 is 9.47 Å². The summed E-state index contributed by atoms with van der Waals surface area (Å²) in [5.41, 5.74) is 7.72. The molecule has 0 N–H and O–H groups in total. The average molecular weight is 2010 g/mol. The Morgan fingerprint density at radius 1 is 0.196 bits per heavy atom. The third kappa shape index (κ3) is 41.6. The van der Waals surface area contributed by atoms with E-state index in [1.54, 1.807) is 34.0 Å². The highest BCUT2D eigenvalue weighted by Gasteiger charge is 2.29. The number of aromatic nitrogens is 4. The molecular formula is C130H200N4O6S3. The smallest absolute Gasteiger partial charge is 0.259 e. The Morgan fingerprint density at radius 3 is 0.650 bits per heavy atom. The van der Waals surface area contributed by atoms with E-state index in [0.29, 0.717) is 61.6 Å². The Bertz CT molecular complexity index is 5210. The minimum Gasteiger partial charge on any atom is -0.491 e. The fourth-order valence-electron chi connectivity index (χ4n) is 22.1. The molecule has 0 atom stereocenters. The van der Waals surface area contributed by atoms with E-state index >= 15 is 19.2 Å². The SMILES string of the molecule is CCCCCCCCCCCCCCCCn1c(=O)c(-c2ccccc2)cc2c1cc(-c1cc3c(OCCCCCCCCCCCC)c4sc(-c5cc6c(cc(-c7ccc(-c8ccccc8)s7)c(=O)n6CCCCCCCCCCCCCCCC)n(CCCCCCCCCCCCCCCC)c5=O)cc4c(OCCCCCCCCCCCC)c3s1)c(=O)n2CCCCCCCCCCCCCCCC.